The average molecular weight is 323 g/mol. The lowest BCUT2D eigenvalue weighted by atomic mass is 10.00. The molecule has 2 aromatic rings. The van der Waals surface area contributed by atoms with Gasteiger partial charge in [0.05, 0.1) is 0 Å². The summed E-state index contributed by atoms with van der Waals surface area (Å²) in [7, 11) is 0. The van der Waals surface area contributed by atoms with Crippen molar-refractivity contribution < 1.29 is 4.79 Å². The Hall–Kier alpha value is -2.36. The van der Waals surface area contributed by atoms with Gasteiger partial charge in [-0.25, -0.2) is 0 Å². The van der Waals surface area contributed by atoms with E-state index in [2.05, 4.69) is 35.4 Å². The molecule has 0 saturated heterocycles. The molecule has 0 aliphatic carbocycles. The summed E-state index contributed by atoms with van der Waals surface area (Å²) < 4.78 is 0. The summed E-state index contributed by atoms with van der Waals surface area (Å²) in [5, 5.41) is 3.38. The van der Waals surface area contributed by atoms with Crippen LogP contribution >= 0.6 is 0 Å². The Kier molecular flexibility index (Phi) is 5.47. The van der Waals surface area contributed by atoms with Crippen molar-refractivity contribution in [3.8, 4) is 0 Å². The minimum absolute atomic E-state index is 0.0155. The highest BCUT2D eigenvalue weighted by Gasteiger charge is 2.22. The van der Waals surface area contributed by atoms with Crippen molar-refractivity contribution in [1.29, 1.82) is 0 Å². The van der Waals surface area contributed by atoms with Crippen LogP contribution in [0.2, 0.25) is 0 Å². The van der Waals surface area contributed by atoms with Gasteiger partial charge in [0.2, 0.25) is 0 Å². The zero-order chi connectivity index (χ0) is 16.8. The predicted molar refractivity (Wildman–Crippen MR) is 97.1 cm³/mol. The quantitative estimate of drug-likeness (QED) is 0.821. The molecule has 0 radical (unpaired) electrons. The number of nitrogens with zero attached hydrogens (tertiary/aromatic N) is 2. The molecule has 126 valence electrons. The fraction of sp³-hybridized carbons (Fsp3) is 0.400. The van der Waals surface area contributed by atoms with Crippen LogP contribution in [0.15, 0.2) is 42.6 Å². The molecule has 0 fully saturated rings. The van der Waals surface area contributed by atoms with E-state index in [0.717, 1.165) is 31.6 Å². The number of aromatic nitrogens is 1. The molecular formula is C20H25N3O. The Labute approximate surface area is 143 Å². The molecule has 1 aromatic heterocycles. The SMILES string of the molecule is CCCCCNc1ccnc(C(=O)N2CCc3ccccc3C2)c1. The Morgan fingerprint density at radius 1 is 1.21 bits per heavy atom. The van der Waals surface area contributed by atoms with Gasteiger partial charge in [0.1, 0.15) is 5.69 Å². The van der Waals surface area contributed by atoms with Gasteiger partial charge in [0.15, 0.2) is 0 Å². The van der Waals surface area contributed by atoms with E-state index in [9.17, 15) is 4.79 Å². The molecule has 1 amide bonds. The van der Waals surface area contributed by atoms with Crippen LogP contribution in [-0.4, -0.2) is 28.9 Å². The number of benzene rings is 1. The highest BCUT2D eigenvalue weighted by Crippen LogP contribution is 2.20. The summed E-state index contributed by atoms with van der Waals surface area (Å²) in [6.45, 7) is 4.55. The number of carbonyl (C=O) groups excluding carboxylic acids is 1. The summed E-state index contributed by atoms with van der Waals surface area (Å²) in [5.41, 5.74) is 4.09. The Bertz CT molecular complexity index is 699. The van der Waals surface area contributed by atoms with Crippen LogP contribution in [0.1, 0.15) is 47.8 Å². The van der Waals surface area contributed by atoms with Gasteiger partial charge >= 0.3 is 0 Å². The number of nitrogens with one attached hydrogen (secondary N) is 1. The van der Waals surface area contributed by atoms with Crippen molar-refractivity contribution in [3.63, 3.8) is 0 Å². The second kappa shape index (κ2) is 7.95. The number of fused-ring (bicyclic) bond motifs is 1. The van der Waals surface area contributed by atoms with E-state index >= 15 is 0 Å². The molecule has 1 aromatic carbocycles. The minimum atomic E-state index is 0.0155. The van der Waals surface area contributed by atoms with Crippen LogP contribution in [0.3, 0.4) is 0 Å². The monoisotopic (exact) mass is 323 g/mol. The normalized spacial score (nSPS) is 13.5. The van der Waals surface area contributed by atoms with Crippen molar-refractivity contribution in [2.45, 2.75) is 39.2 Å². The number of carbonyl (C=O) groups is 1. The van der Waals surface area contributed by atoms with Crippen molar-refractivity contribution in [2.75, 3.05) is 18.4 Å². The van der Waals surface area contributed by atoms with Crippen LogP contribution in [0.5, 0.6) is 0 Å². The summed E-state index contributed by atoms with van der Waals surface area (Å²) in [5.74, 6) is 0.0155. The molecule has 0 saturated carbocycles. The van der Waals surface area contributed by atoms with E-state index in [1.54, 1.807) is 6.20 Å². The average Bonchev–Trinajstić information content (AvgIpc) is 2.64. The van der Waals surface area contributed by atoms with Crippen molar-refractivity contribution in [2.24, 2.45) is 0 Å². The van der Waals surface area contributed by atoms with Crippen molar-refractivity contribution >= 4 is 11.6 Å². The highest BCUT2D eigenvalue weighted by molar-refractivity contribution is 5.93. The van der Waals surface area contributed by atoms with Crippen LogP contribution in [-0.2, 0) is 13.0 Å². The molecule has 1 N–H and O–H groups in total. The van der Waals surface area contributed by atoms with E-state index in [1.165, 1.54) is 24.0 Å². The second-order valence-electron chi connectivity index (χ2n) is 6.31. The molecule has 2 heterocycles. The van der Waals surface area contributed by atoms with E-state index < -0.39 is 0 Å². The first kappa shape index (κ1) is 16.5. The number of pyridine rings is 1. The van der Waals surface area contributed by atoms with E-state index in [0.29, 0.717) is 12.2 Å². The molecule has 1 aliphatic rings. The molecule has 0 unspecified atom stereocenters. The molecule has 0 bridgehead atoms. The maximum Gasteiger partial charge on any atom is 0.272 e. The van der Waals surface area contributed by atoms with Gasteiger partial charge in [-0.2, -0.15) is 0 Å². The van der Waals surface area contributed by atoms with Gasteiger partial charge in [-0.3, -0.25) is 9.78 Å². The first-order chi connectivity index (χ1) is 11.8. The van der Waals surface area contributed by atoms with Gasteiger partial charge in [-0.15, -0.1) is 0 Å². The molecule has 4 heteroatoms. The largest absolute Gasteiger partial charge is 0.385 e. The lowest BCUT2D eigenvalue weighted by Crippen LogP contribution is -2.36. The molecule has 0 spiro atoms. The van der Waals surface area contributed by atoms with Gasteiger partial charge in [-0.1, -0.05) is 44.0 Å². The second-order valence-corrected chi connectivity index (χ2v) is 6.31. The molecule has 1 aliphatic heterocycles. The van der Waals surface area contributed by atoms with E-state index in [-0.39, 0.29) is 5.91 Å². The third-order valence-corrected chi connectivity index (χ3v) is 4.51. The summed E-state index contributed by atoms with van der Waals surface area (Å²) >= 11 is 0. The van der Waals surface area contributed by atoms with Crippen LogP contribution in [0, 0.1) is 0 Å². The standard InChI is InChI=1S/C20H25N3O/c1-2-3-6-11-21-18-9-12-22-19(14-18)20(24)23-13-10-16-7-4-5-8-17(16)15-23/h4-5,7-9,12,14H,2-3,6,10-11,13,15H2,1H3,(H,21,22). The fourth-order valence-corrected chi connectivity index (χ4v) is 3.10. The minimum Gasteiger partial charge on any atom is -0.385 e. The van der Waals surface area contributed by atoms with Gasteiger partial charge in [0.25, 0.3) is 5.91 Å². The summed E-state index contributed by atoms with van der Waals surface area (Å²) in [6, 6.07) is 12.1. The van der Waals surface area contributed by atoms with Gasteiger partial charge in [0, 0.05) is 31.5 Å². The van der Waals surface area contributed by atoms with Crippen LogP contribution in [0.4, 0.5) is 5.69 Å². The first-order valence-electron chi connectivity index (χ1n) is 8.84. The number of hydrogen-bond acceptors (Lipinski definition) is 3. The maximum atomic E-state index is 12.8. The molecule has 0 atom stereocenters. The Morgan fingerprint density at radius 2 is 2.04 bits per heavy atom. The fourth-order valence-electron chi connectivity index (χ4n) is 3.10. The summed E-state index contributed by atoms with van der Waals surface area (Å²) in [4.78, 5) is 19.0. The third-order valence-electron chi connectivity index (χ3n) is 4.51. The number of unbranched alkanes of at least 4 members (excludes halogenated alkanes) is 2. The number of hydrogen-bond donors (Lipinski definition) is 1. The molecule has 3 rings (SSSR count). The molecule has 24 heavy (non-hydrogen) atoms. The smallest absolute Gasteiger partial charge is 0.272 e. The first-order valence-corrected chi connectivity index (χ1v) is 8.84. The van der Waals surface area contributed by atoms with Crippen molar-refractivity contribution in [3.05, 3.63) is 59.4 Å². The molecular weight excluding hydrogens is 298 g/mol. The van der Waals surface area contributed by atoms with Gasteiger partial charge < -0.3 is 10.2 Å². The van der Waals surface area contributed by atoms with E-state index in [1.807, 2.05) is 23.1 Å². The maximum absolute atomic E-state index is 12.8. The Balaban J connectivity index is 1.65. The lowest BCUT2D eigenvalue weighted by Gasteiger charge is -2.28. The topological polar surface area (TPSA) is 45.2 Å². The van der Waals surface area contributed by atoms with E-state index in [4.69, 9.17) is 0 Å². The van der Waals surface area contributed by atoms with Crippen LogP contribution < -0.4 is 5.32 Å². The van der Waals surface area contributed by atoms with Gasteiger partial charge in [-0.05, 0) is 36.1 Å². The number of rotatable bonds is 6. The number of anilines is 1. The lowest BCUT2D eigenvalue weighted by molar-refractivity contribution is 0.0729. The zero-order valence-electron chi connectivity index (χ0n) is 14.3. The number of amides is 1. The zero-order valence-corrected chi connectivity index (χ0v) is 14.3. The molecule has 4 nitrogen and oxygen atoms in total. The van der Waals surface area contributed by atoms with Crippen molar-refractivity contribution in [1.82, 2.24) is 9.88 Å². The third kappa shape index (κ3) is 3.94. The van der Waals surface area contributed by atoms with Crippen LogP contribution in [0.25, 0.3) is 0 Å². The highest BCUT2D eigenvalue weighted by atomic mass is 16.2. The summed E-state index contributed by atoms with van der Waals surface area (Å²) in [6.07, 6.45) is 6.20. The predicted octanol–water partition coefficient (Wildman–Crippen LogP) is 3.88. The Morgan fingerprint density at radius 3 is 2.88 bits per heavy atom.